The predicted molar refractivity (Wildman–Crippen MR) is 70.4 cm³/mol. The number of aromatic nitrogens is 1. The van der Waals surface area contributed by atoms with Gasteiger partial charge in [0.15, 0.2) is 11.6 Å². The van der Waals surface area contributed by atoms with Crippen LogP contribution in [0.2, 0.25) is 0 Å². The van der Waals surface area contributed by atoms with Gasteiger partial charge < -0.3 is 5.32 Å². The summed E-state index contributed by atoms with van der Waals surface area (Å²) < 4.78 is 27.0. The van der Waals surface area contributed by atoms with Gasteiger partial charge in [0, 0.05) is 18.2 Å². The van der Waals surface area contributed by atoms with Crippen LogP contribution in [0.3, 0.4) is 0 Å². The average Bonchev–Trinajstić information content (AvgIpc) is 2.42. The lowest BCUT2D eigenvalue weighted by atomic mass is 10.1. The van der Waals surface area contributed by atoms with E-state index in [4.69, 9.17) is 0 Å². The smallest absolute Gasteiger partial charge is 0.275 e. The number of anilines is 1. The van der Waals surface area contributed by atoms with E-state index in [1.165, 1.54) is 18.2 Å². The molecule has 0 aliphatic rings. The molecule has 0 aliphatic heterocycles. The van der Waals surface area contributed by atoms with Gasteiger partial charge in [0.25, 0.3) is 5.69 Å². The van der Waals surface area contributed by atoms with Crippen molar-refractivity contribution >= 4 is 11.5 Å². The fraction of sp³-hybridized carbons (Fsp3) is 0.154. The summed E-state index contributed by atoms with van der Waals surface area (Å²) in [7, 11) is 0. The number of nitrogens with one attached hydrogen (secondary N) is 1. The highest BCUT2D eigenvalue weighted by atomic mass is 19.2. The number of benzene rings is 1. The van der Waals surface area contributed by atoms with Crippen molar-refractivity contribution in [1.82, 2.24) is 4.98 Å². The second-order valence-corrected chi connectivity index (χ2v) is 3.98. The molecule has 5 nitrogen and oxygen atoms in total. The zero-order valence-corrected chi connectivity index (χ0v) is 10.6. The molecule has 0 unspecified atom stereocenters. The monoisotopic (exact) mass is 279 g/mol. The zero-order chi connectivity index (χ0) is 14.7. The third-order valence-corrected chi connectivity index (χ3v) is 2.61. The lowest BCUT2D eigenvalue weighted by molar-refractivity contribution is -0.384. The van der Waals surface area contributed by atoms with Crippen molar-refractivity contribution < 1.29 is 13.7 Å². The Morgan fingerprint density at radius 1 is 1.35 bits per heavy atom. The van der Waals surface area contributed by atoms with Gasteiger partial charge in [-0.2, -0.15) is 0 Å². The average molecular weight is 279 g/mol. The summed E-state index contributed by atoms with van der Waals surface area (Å²) in [4.78, 5) is 14.3. The molecule has 104 valence electrons. The van der Waals surface area contributed by atoms with Crippen molar-refractivity contribution in [3.8, 4) is 11.3 Å². The maximum atomic E-state index is 13.7. The molecule has 0 saturated heterocycles. The van der Waals surface area contributed by atoms with E-state index < -0.39 is 16.6 Å². The van der Waals surface area contributed by atoms with Gasteiger partial charge in [-0.1, -0.05) is 6.07 Å². The van der Waals surface area contributed by atoms with Gasteiger partial charge in [-0.3, -0.25) is 10.1 Å². The van der Waals surface area contributed by atoms with Crippen molar-refractivity contribution in [3.05, 3.63) is 52.1 Å². The molecule has 1 heterocycles. The molecular weight excluding hydrogens is 268 g/mol. The summed E-state index contributed by atoms with van der Waals surface area (Å²) in [5.41, 5.74) is -0.352. The Hall–Kier alpha value is -2.57. The number of nitrogens with zero attached hydrogens (tertiary/aromatic N) is 2. The molecule has 1 aromatic heterocycles. The van der Waals surface area contributed by atoms with Crippen molar-refractivity contribution in [2.45, 2.75) is 6.92 Å². The van der Waals surface area contributed by atoms with Crippen molar-refractivity contribution in [1.29, 1.82) is 0 Å². The third-order valence-electron chi connectivity index (χ3n) is 2.61. The number of nitro groups is 1. The summed E-state index contributed by atoms with van der Waals surface area (Å²) in [5.74, 6) is -1.87. The second kappa shape index (κ2) is 5.60. The molecule has 0 atom stereocenters. The number of halogens is 2. The van der Waals surface area contributed by atoms with E-state index in [0.717, 1.165) is 12.1 Å². The minimum atomic E-state index is -1.08. The second-order valence-electron chi connectivity index (χ2n) is 3.98. The van der Waals surface area contributed by atoms with Crippen LogP contribution in [0.1, 0.15) is 6.92 Å². The number of rotatable bonds is 4. The largest absolute Gasteiger partial charge is 0.370 e. The molecule has 2 rings (SSSR count). The minimum Gasteiger partial charge on any atom is -0.370 e. The van der Waals surface area contributed by atoms with E-state index in [-0.39, 0.29) is 22.8 Å². The molecular formula is C13H11F2N3O2. The molecule has 1 N–H and O–H groups in total. The fourth-order valence-corrected chi connectivity index (χ4v) is 1.73. The Balaban J connectivity index is 2.60. The van der Waals surface area contributed by atoms with Crippen LogP contribution in [0, 0.1) is 21.7 Å². The first-order chi connectivity index (χ1) is 9.52. The molecule has 0 amide bonds. The summed E-state index contributed by atoms with van der Waals surface area (Å²) in [6.07, 6.45) is 0. The first kappa shape index (κ1) is 13.9. The molecule has 2 aromatic rings. The highest BCUT2D eigenvalue weighted by Gasteiger charge is 2.16. The van der Waals surface area contributed by atoms with Crippen LogP contribution in [0.5, 0.6) is 0 Å². The van der Waals surface area contributed by atoms with Crippen LogP contribution in [0.25, 0.3) is 11.3 Å². The molecule has 7 heteroatoms. The third kappa shape index (κ3) is 2.71. The normalized spacial score (nSPS) is 10.3. The molecule has 0 spiro atoms. The number of pyridine rings is 1. The number of hydrogen-bond donors (Lipinski definition) is 1. The van der Waals surface area contributed by atoms with Gasteiger partial charge in [-0.15, -0.1) is 0 Å². The first-order valence-electron chi connectivity index (χ1n) is 5.87. The first-order valence-corrected chi connectivity index (χ1v) is 5.87. The van der Waals surface area contributed by atoms with Gasteiger partial charge in [0.2, 0.25) is 0 Å². The Morgan fingerprint density at radius 3 is 2.75 bits per heavy atom. The molecule has 0 fully saturated rings. The lowest BCUT2D eigenvalue weighted by Crippen LogP contribution is -2.02. The highest BCUT2D eigenvalue weighted by molar-refractivity contribution is 5.66. The predicted octanol–water partition coefficient (Wildman–Crippen LogP) is 3.37. The van der Waals surface area contributed by atoms with Crippen LogP contribution in [0.4, 0.5) is 20.3 Å². The minimum absolute atomic E-state index is 0.00662. The molecule has 1 aromatic carbocycles. The molecule has 0 aliphatic carbocycles. The Kier molecular flexibility index (Phi) is 3.88. The summed E-state index contributed by atoms with van der Waals surface area (Å²) in [6, 6.07) is 5.96. The quantitative estimate of drug-likeness (QED) is 0.688. The molecule has 0 bridgehead atoms. The zero-order valence-electron chi connectivity index (χ0n) is 10.6. The van der Waals surface area contributed by atoms with Gasteiger partial charge in [-0.25, -0.2) is 13.8 Å². The summed E-state index contributed by atoms with van der Waals surface area (Å²) in [5, 5.41) is 13.7. The lowest BCUT2D eigenvalue weighted by Gasteiger charge is -2.07. The van der Waals surface area contributed by atoms with E-state index >= 15 is 0 Å². The highest BCUT2D eigenvalue weighted by Crippen LogP contribution is 2.28. The summed E-state index contributed by atoms with van der Waals surface area (Å²) >= 11 is 0. The van der Waals surface area contributed by atoms with E-state index in [2.05, 4.69) is 10.3 Å². The van der Waals surface area contributed by atoms with E-state index in [1.54, 1.807) is 6.92 Å². The Labute approximate surface area is 113 Å². The molecule has 0 radical (unpaired) electrons. The van der Waals surface area contributed by atoms with Crippen LogP contribution >= 0.6 is 0 Å². The van der Waals surface area contributed by atoms with Gasteiger partial charge in [0.05, 0.1) is 16.7 Å². The van der Waals surface area contributed by atoms with Crippen LogP contribution in [-0.2, 0) is 0 Å². The standard InChI is InChI=1S/C13H11F2N3O2/c1-2-16-12-7-8(18(19)20)6-11(17-12)9-4-3-5-10(14)13(9)15/h3-7H,2H2,1H3,(H,16,17). The van der Waals surface area contributed by atoms with E-state index in [9.17, 15) is 18.9 Å². The maximum absolute atomic E-state index is 13.7. The van der Waals surface area contributed by atoms with Crippen LogP contribution in [0.15, 0.2) is 30.3 Å². The SMILES string of the molecule is CCNc1cc([N+](=O)[O-])cc(-c2cccc(F)c2F)n1. The van der Waals surface area contributed by atoms with Crippen LogP contribution < -0.4 is 5.32 Å². The fourth-order valence-electron chi connectivity index (χ4n) is 1.73. The maximum Gasteiger partial charge on any atom is 0.275 e. The van der Waals surface area contributed by atoms with Gasteiger partial charge >= 0.3 is 0 Å². The van der Waals surface area contributed by atoms with Gasteiger partial charge in [0.1, 0.15) is 5.82 Å². The molecule has 20 heavy (non-hydrogen) atoms. The topological polar surface area (TPSA) is 68.1 Å². The van der Waals surface area contributed by atoms with Crippen LogP contribution in [-0.4, -0.2) is 16.5 Å². The van der Waals surface area contributed by atoms with Gasteiger partial charge in [-0.05, 0) is 19.1 Å². The van der Waals surface area contributed by atoms with E-state index in [1.807, 2.05) is 0 Å². The Bertz CT molecular complexity index is 662. The Morgan fingerprint density at radius 2 is 2.10 bits per heavy atom. The number of hydrogen-bond acceptors (Lipinski definition) is 4. The van der Waals surface area contributed by atoms with Crippen molar-refractivity contribution in [2.75, 3.05) is 11.9 Å². The molecule has 0 saturated carbocycles. The van der Waals surface area contributed by atoms with E-state index in [0.29, 0.717) is 6.54 Å². The van der Waals surface area contributed by atoms with Crippen molar-refractivity contribution in [3.63, 3.8) is 0 Å². The van der Waals surface area contributed by atoms with Crippen molar-refractivity contribution in [2.24, 2.45) is 0 Å². The summed E-state index contributed by atoms with van der Waals surface area (Å²) in [6.45, 7) is 2.29.